The van der Waals surface area contributed by atoms with E-state index < -0.39 is 12.1 Å². The summed E-state index contributed by atoms with van der Waals surface area (Å²) in [6.45, 7) is 2.00. The van der Waals surface area contributed by atoms with Crippen LogP contribution in [0.2, 0.25) is 5.02 Å². The molecule has 0 bridgehead atoms. The molecule has 3 nitrogen and oxygen atoms in total. The normalized spacial score (nSPS) is 12.2. The monoisotopic (exact) mass is 242 g/mol. The lowest BCUT2D eigenvalue weighted by Crippen LogP contribution is -2.23. The van der Waals surface area contributed by atoms with Gasteiger partial charge in [0, 0.05) is 5.02 Å². The Kier molecular flexibility index (Phi) is 5.29. The first kappa shape index (κ1) is 13.0. The minimum Gasteiger partial charge on any atom is -0.464 e. The second kappa shape index (κ2) is 6.51. The zero-order chi connectivity index (χ0) is 12.0. The molecule has 4 heteroatoms. The van der Waals surface area contributed by atoms with Crippen LogP contribution in [0.1, 0.15) is 18.9 Å². The van der Waals surface area contributed by atoms with Crippen LogP contribution in [0, 0.1) is 0 Å². The molecule has 0 heterocycles. The predicted molar refractivity (Wildman–Crippen MR) is 62.4 cm³/mol. The van der Waals surface area contributed by atoms with E-state index in [1.54, 1.807) is 19.1 Å². The number of carbonyl (C=O) groups is 1. The largest absolute Gasteiger partial charge is 0.464 e. The maximum Gasteiger partial charge on any atom is 0.334 e. The molecule has 1 atom stereocenters. The van der Waals surface area contributed by atoms with E-state index in [1.807, 2.05) is 12.1 Å². The third kappa shape index (κ3) is 4.21. The molecule has 0 spiro atoms. The van der Waals surface area contributed by atoms with Crippen molar-refractivity contribution >= 4 is 17.6 Å². The molecule has 88 valence electrons. The Labute approximate surface area is 100.0 Å². The number of aliphatic hydroxyl groups excluding tert-OH is 1. The molecule has 0 aliphatic carbocycles. The van der Waals surface area contributed by atoms with E-state index in [1.165, 1.54) is 0 Å². The number of ether oxygens (including phenoxy) is 1. The Bertz CT molecular complexity index is 335. The first-order chi connectivity index (χ1) is 7.63. The molecule has 1 aromatic rings. The highest BCUT2D eigenvalue weighted by Crippen LogP contribution is 2.12. The van der Waals surface area contributed by atoms with Gasteiger partial charge >= 0.3 is 5.97 Å². The van der Waals surface area contributed by atoms with Crippen LogP contribution in [0.15, 0.2) is 24.3 Å². The molecule has 1 N–H and O–H groups in total. The summed E-state index contributed by atoms with van der Waals surface area (Å²) in [5, 5.41) is 10.1. The number of esters is 1. The summed E-state index contributed by atoms with van der Waals surface area (Å²) < 4.78 is 4.70. The Balaban J connectivity index is 2.39. The van der Waals surface area contributed by atoms with E-state index in [2.05, 4.69) is 0 Å². The summed E-state index contributed by atoms with van der Waals surface area (Å²) >= 11 is 5.74. The van der Waals surface area contributed by atoms with Gasteiger partial charge in [-0.05, 0) is 37.5 Å². The van der Waals surface area contributed by atoms with E-state index in [-0.39, 0.29) is 6.61 Å². The zero-order valence-electron chi connectivity index (χ0n) is 9.15. The second-order valence-corrected chi connectivity index (χ2v) is 3.87. The molecular formula is C12H15ClO3. The standard InChI is InChI=1S/C12H15ClO3/c1-2-16-12(15)11(14)8-5-9-3-6-10(13)7-4-9/h3-4,6-7,11,14H,2,5,8H2,1H3. The van der Waals surface area contributed by atoms with E-state index in [0.717, 1.165) is 5.56 Å². The fourth-order valence-corrected chi connectivity index (χ4v) is 1.44. The lowest BCUT2D eigenvalue weighted by atomic mass is 10.1. The lowest BCUT2D eigenvalue weighted by Gasteiger charge is -2.09. The lowest BCUT2D eigenvalue weighted by molar-refractivity contribution is -0.153. The van der Waals surface area contributed by atoms with Gasteiger partial charge in [0.05, 0.1) is 6.61 Å². The SMILES string of the molecule is CCOC(=O)C(O)CCc1ccc(Cl)cc1. The number of hydrogen-bond donors (Lipinski definition) is 1. The minimum atomic E-state index is -1.05. The summed E-state index contributed by atoms with van der Waals surface area (Å²) in [6.07, 6.45) is -0.0620. The van der Waals surface area contributed by atoms with Gasteiger partial charge in [0.1, 0.15) is 0 Å². The van der Waals surface area contributed by atoms with Gasteiger partial charge in [-0.25, -0.2) is 4.79 Å². The van der Waals surface area contributed by atoms with Crippen LogP contribution < -0.4 is 0 Å². The number of carbonyl (C=O) groups excluding carboxylic acids is 1. The summed E-state index contributed by atoms with van der Waals surface area (Å²) in [5.41, 5.74) is 1.03. The van der Waals surface area contributed by atoms with Crippen molar-refractivity contribution in [1.82, 2.24) is 0 Å². The summed E-state index contributed by atoms with van der Waals surface area (Å²) in [4.78, 5) is 11.1. The highest BCUT2D eigenvalue weighted by atomic mass is 35.5. The number of rotatable bonds is 5. The third-order valence-corrected chi connectivity index (χ3v) is 2.43. The van der Waals surface area contributed by atoms with Gasteiger partial charge < -0.3 is 9.84 Å². The highest BCUT2D eigenvalue weighted by molar-refractivity contribution is 6.30. The van der Waals surface area contributed by atoms with Crippen LogP contribution in [-0.4, -0.2) is 23.8 Å². The van der Waals surface area contributed by atoms with Crippen LogP contribution >= 0.6 is 11.6 Å². The van der Waals surface area contributed by atoms with Crippen molar-refractivity contribution in [1.29, 1.82) is 0 Å². The van der Waals surface area contributed by atoms with Gasteiger partial charge in [0.15, 0.2) is 6.10 Å². The molecule has 0 aliphatic heterocycles. The van der Waals surface area contributed by atoms with Gasteiger partial charge in [0.2, 0.25) is 0 Å². The van der Waals surface area contributed by atoms with Crippen molar-refractivity contribution in [3.63, 3.8) is 0 Å². The molecule has 0 radical (unpaired) electrons. The summed E-state index contributed by atoms with van der Waals surface area (Å²) in [6, 6.07) is 7.32. The fourth-order valence-electron chi connectivity index (χ4n) is 1.31. The molecule has 16 heavy (non-hydrogen) atoms. The van der Waals surface area contributed by atoms with Gasteiger partial charge in [-0.2, -0.15) is 0 Å². The van der Waals surface area contributed by atoms with Crippen LogP contribution in [-0.2, 0) is 16.0 Å². The Morgan fingerprint density at radius 1 is 1.44 bits per heavy atom. The first-order valence-corrected chi connectivity index (χ1v) is 5.60. The Morgan fingerprint density at radius 2 is 2.06 bits per heavy atom. The highest BCUT2D eigenvalue weighted by Gasteiger charge is 2.15. The third-order valence-electron chi connectivity index (χ3n) is 2.18. The van der Waals surface area contributed by atoms with E-state index >= 15 is 0 Å². The number of aryl methyl sites for hydroxylation is 1. The average Bonchev–Trinajstić information content (AvgIpc) is 2.28. The average molecular weight is 243 g/mol. The zero-order valence-corrected chi connectivity index (χ0v) is 9.91. The smallest absolute Gasteiger partial charge is 0.334 e. The molecule has 1 unspecified atom stereocenters. The Hall–Kier alpha value is -1.06. The van der Waals surface area contributed by atoms with Crippen LogP contribution in [0.5, 0.6) is 0 Å². The summed E-state index contributed by atoms with van der Waals surface area (Å²) in [5.74, 6) is -0.559. The number of benzene rings is 1. The second-order valence-electron chi connectivity index (χ2n) is 3.43. The van der Waals surface area contributed by atoms with Crippen LogP contribution in [0.3, 0.4) is 0 Å². The van der Waals surface area contributed by atoms with Crippen molar-refractivity contribution in [2.75, 3.05) is 6.61 Å². The molecule has 0 amide bonds. The molecule has 0 saturated heterocycles. The first-order valence-electron chi connectivity index (χ1n) is 5.22. The van der Waals surface area contributed by atoms with Gasteiger partial charge in [0.25, 0.3) is 0 Å². The molecular weight excluding hydrogens is 228 g/mol. The quantitative estimate of drug-likeness (QED) is 0.806. The molecule has 0 aromatic heterocycles. The van der Waals surface area contributed by atoms with Gasteiger partial charge in [-0.1, -0.05) is 23.7 Å². The molecule has 0 aliphatic rings. The van der Waals surface area contributed by atoms with Crippen molar-refractivity contribution < 1.29 is 14.6 Å². The van der Waals surface area contributed by atoms with Crippen molar-refractivity contribution in [2.24, 2.45) is 0 Å². The topological polar surface area (TPSA) is 46.5 Å². The molecule has 0 fully saturated rings. The molecule has 1 rings (SSSR count). The number of hydrogen-bond acceptors (Lipinski definition) is 3. The minimum absolute atomic E-state index is 0.289. The summed E-state index contributed by atoms with van der Waals surface area (Å²) in [7, 11) is 0. The maximum atomic E-state index is 11.1. The Morgan fingerprint density at radius 3 is 2.62 bits per heavy atom. The van der Waals surface area contributed by atoms with E-state index in [4.69, 9.17) is 16.3 Å². The van der Waals surface area contributed by atoms with Crippen LogP contribution in [0.4, 0.5) is 0 Å². The van der Waals surface area contributed by atoms with E-state index in [9.17, 15) is 9.90 Å². The van der Waals surface area contributed by atoms with E-state index in [0.29, 0.717) is 17.9 Å². The van der Waals surface area contributed by atoms with Gasteiger partial charge in [-0.3, -0.25) is 0 Å². The molecule has 1 aromatic carbocycles. The van der Waals surface area contributed by atoms with Crippen molar-refractivity contribution in [3.8, 4) is 0 Å². The maximum absolute atomic E-state index is 11.1. The predicted octanol–water partition coefficient (Wildman–Crippen LogP) is 2.20. The number of aliphatic hydroxyl groups is 1. The van der Waals surface area contributed by atoms with Crippen molar-refractivity contribution in [2.45, 2.75) is 25.9 Å². The van der Waals surface area contributed by atoms with Crippen molar-refractivity contribution in [3.05, 3.63) is 34.9 Å². The number of halogens is 1. The van der Waals surface area contributed by atoms with Gasteiger partial charge in [-0.15, -0.1) is 0 Å². The van der Waals surface area contributed by atoms with Crippen LogP contribution in [0.25, 0.3) is 0 Å². The fraction of sp³-hybridized carbons (Fsp3) is 0.417. The molecule has 0 saturated carbocycles.